The Morgan fingerprint density at radius 2 is 1.83 bits per heavy atom. The van der Waals surface area contributed by atoms with Crippen LogP contribution in [0.3, 0.4) is 0 Å². The molecular weight excluding hydrogens is 300 g/mol. The van der Waals surface area contributed by atoms with Gasteiger partial charge in [0.2, 0.25) is 5.79 Å². The summed E-state index contributed by atoms with van der Waals surface area (Å²) in [4.78, 5) is 25.2. The standard InChI is InChI=1S/C17H24O6/c1-9(18)10-7-11-12-8-15(2,20-4)23-16(12,3)13(10)17(21-5,22-6)14(11)19/h7,11-13H,8H2,1-6H3/t11-,12+,13+,15?,16+/m1/s1. The van der Waals surface area contributed by atoms with Crippen molar-refractivity contribution in [2.75, 3.05) is 21.3 Å². The van der Waals surface area contributed by atoms with E-state index in [4.69, 9.17) is 18.9 Å². The van der Waals surface area contributed by atoms with Crippen LogP contribution in [-0.4, -0.2) is 50.1 Å². The molecule has 5 atom stereocenters. The van der Waals surface area contributed by atoms with Gasteiger partial charge in [-0.2, -0.15) is 0 Å². The fourth-order valence-corrected chi connectivity index (χ4v) is 4.84. The molecule has 6 heteroatoms. The molecule has 4 aliphatic rings. The molecule has 1 saturated carbocycles. The summed E-state index contributed by atoms with van der Waals surface area (Å²) in [6, 6.07) is 0. The van der Waals surface area contributed by atoms with Crippen molar-refractivity contribution in [1.82, 2.24) is 0 Å². The van der Waals surface area contributed by atoms with Crippen molar-refractivity contribution in [3.05, 3.63) is 11.6 Å². The van der Waals surface area contributed by atoms with Crippen LogP contribution in [-0.2, 0) is 28.5 Å². The fraction of sp³-hybridized carbons (Fsp3) is 0.765. The zero-order chi connectivity index (χ0) is 17.2. The number of ketones is 2. The van der Waals surface area contributed by atoms with Gasteiger partial charge in [-0.15, -0.1) is 0 Å². The van der Waals surface area contributed by atoms with Gasteiger partial charge in [-0.1, -0.05) is 6.08 Å². The third kappa shape index (κ3) is 1.89. The first-order valence-corrected chi connectivity index (χ1v) is 7.81. The number of rotatable bonds is 4. The molecule has 2 bridgehead atoms. The summed E-state index contributed by atoms with van der Waals surface area (Å²) in [5.41, 5.74) is -0.233. The minimum absolute atomic E-state index is 0.0773. The van der Waals surface area contributed by atoms with E-state index >= 15 is 0 Å². The van der Waals surface area contributed by atoms with Crippen LogP contribution in [0.2, 0.25) is 0 Å². The van der Waals surface area contributed by atoms with Crippen LogP contribution >= 0.6 is 0 Å². The second-order valence-electron chi connectivity index (χ2n) is 7.01. The highest BCUT2D eigenvalue weighted by molar-refractivity contribution is 6.02. The summed E-state index contributed by atoms with van der Waals surface area (Å²) in [7, 11) is 4.45. The van der Waals surface area contributed by atoms with E-state index in [9.17, 15) is 9.59 Å². The third-order valence-electron chi connectivity index (χ3n) is 5.91. The molecule has 1 aliphatic heterocycles. The van der Waals surface area contributed by atoms with Crippen molar-refractivity contribution in [2.45, 2.75) is 44.4 Å². The molecule has 0 aromatic heterocycles. The SMILES string of the molecule is COC1(C)C[C@H]2[C@H]3C=C(C(C)=O)[C@H](C(OC)(OC)C3=O)[C@@]2(C)O1. The third-order valence-corrected chi connectivity index (χ3v) is 5.91. The summed E-state index contributed by atoms with van der Waals surface area (Å²) in [6.45, 7) is 5.28. The van der Waals surface area contributed by atoms with Crippen molar-refractivity contribution in [3.63, 3.8) is 0 Å². The van der Waals surface area contributed by atoms with Crippen molar-refractivity contribution in [2.24, 2.45) is 17.8 Å². The number of carbonyl (C=O) groups excluding carboxylic acids is 2. The molecule has 128 valence electrons. The number of methoxy groups -OCH3 is 3. The van der Waals surface area contributed by atoms with E-state index in [1.165, 1.54) is 21.1 Å². The lowest BCUT2D eigenvalue weighted by atomic mass is 9.53. The van der Waals surface area contributed by atoms with Gasteiger partial charge in [0.25, 0.3) is 0 Å². The summed E-state index contributed by atoms with van der Waals surface area (Å²) in [5.74, 6) is -3.73. The maximum atomic E-state index is 13.0. The molecule has 1 unspecified atom stereocenters. The zero-order valence-electron chi connectivity index (χ0n) is 14.5. The highest BCUT2D eigenvalue weighted by atomic mass is 16.7. The number of hydrogen-bond acceptors (Lipinski definition) is 6. The largest absolute Gasteiger partial charge is 0.353 e. The molecule has 3 aliphatic carbocycles. The van der Waals surface area contributed by atoms with E-state index in [-0.39, 0.29) is 17.5 Å². The first-order chi connectivity index (χ1) is 10.7. The molecule has 6 nitrogen and oxygen atoms in total. The van der Waals surface area contributed by atoms with Gasteiger partial charge < -0.3 is 18.9 Å². The van der Waals surface area contributed by atoms with E-state index in [2.05, 4.69) is 0 Å². The Morgan fingerprint density at radius 3 is 2.30 bits per heavy atom. The topological polar surface area (TPSA) is 71.1 Å². The van der Waals surface area contributed by atoms with Crippen LogP contribution in [0.15, 0.2) is 11.6 Å². The van der Waals surface area contributed by atoms with E-state index in [0.29, 0.717) is 12.0 Å². The van der Waals surface area contributed by atoms with E-state index in [0.717, 1.165) is 0 Å². The monoisotopic (exact) mass is 324 g/mol. The first-order valence-electron chi connectivity index (χ1n) is 7.81. The van der Waals surface area contributed by atoms with Crippen LogP contribution in [0, 0.1) is 17.8 Å². The molecule has 1 saturated heterocycles. The molecule has 0 amide bonds. The number of carbonyl (C=O) groups is 2. The molecule has 0 spiro atoms. The second-order valence-corrected chi connectivity index (χ2v) is 7.01. The Bertz CT molecular complexity index is 592. The second kappa shape index (κ2) is 4.96. The number of hydrogen-bond donors (Lipinski definition) is 0. The fourth-order valence-electron chi connectivity index (χ4n) is 4.84. The van der Waals surface area contributed by atoms with E-state index < -0.39 is 29.0 Å². The van der Waals surface area contributed by atoms with Crippen molar-refractivity contribution >= 4 is 11.6 Å². The lowest BCUT2D eigenvalue weighted by Crippen LogP contribution is -2.70. The van der Waals surface area contributed by atoms with Gasteiger partial charge in [0.05, 0.1) is 11.5 Å². The number of fused-ring (bicyclic) bond motifs is 1. The Kier molecular flexibility index (Phi) is 3.61. The average molecular weight is 324 g/mol. The number of Topliss-reactive ketones (excluding diaryl/α,β-unsaturated/α-hetero) is 2. The lowest BCUT2D eigenvalue weighted by Gasteiger charge is -2.56. The number of allylic oxidation sites excluding steroid dienone is 1. The predicted molar refractivity (Wildman–Crippen MR) is 80.5 cm³/mol. The van der Waals surface area contributed by atoms with Gasteiger partial charge in [-0.05, 0) is 20.8 Å². The predicted octanol–water partition coefficient (Wildman–Crippen LogP) is 1.48. The molecule has 0 radical (unpaired) electrons. The Morgan fingerprint density at radius 1 is 1.22 bits per heavy atom. The van der Waals surface area contributed by atoms with E-state index in [1.54, 1.807) is 13.2 Å². The van der Waals surface area contributed by atoms with Gasteiger partial charge in [-0.25, -0.2) is 0 Å². The first kappa shape index (κ1) is 16.8. The van der Waals surface area contributed by atoms with Gasteiger partial charge >= 0.3 is 0 Å². The zero-order valence-corrected chi connectivity index (χ0v) is 14.5. The maximum absolute atomic E-state index is 13.0. The Balaban J connectivity index is 2.21. The molecule has 0 N–H and O–H groups in total. The normalized spacial score (nSPS) is 44.2. The van der Waals surface area contributed by atoms with Crippen LogP contribution in [0.25, 0.3) is 0 Å². The molecular formula is C17H24O6. The maximum Gasteiger partial charge on any atom is 0.239 e. The van der Waals surface area contributed by atoms with Crippen LogP contribution in [0.4, 0.5) is 0 Å². The van der Waals surface area contributed by atoms with Gasteiger partial charge in [0.1, 0.15) is 0 Å². The smallest absolute Gasteiger partial charge is 0.239 e. The Labute approximate surface area is 136 Å². The minimum Gasteiger partial charge on any atom is -0.353 e. The summed E-state index contributed by atoms with van der Waals surface area (Å²) in [6.07, 6.45) is 2.36. The summed E-state index contributed by atoms with van der Waals surface area (Å²) >= 11 is 0. The van der Waals surface area contributed by atoms with Crippen molar-refractivity contribution in [1.29, 1.82) is 0 Å². The van der Waals surface area contributed by atoms with Gasteiger partial charge in [-0.3, -0.25) is 9.59 Å². The summed E-state index contributed by atoms with van der Waals surface area (Å²) < 4.78 is 22.9. The van der Waals surface area contributed by atoms with Crippen molar-refractivity contribution < 1.29 is 28.5 Å². The van der Waals surface area contributed by atoms with Crippen molar-refractivity contribution in [3.8, 4) is 0 Å². The quantitative estimate of drug-likeness (QED) is 0.730. The number of ether oxygens (including phenoxy) is 4. The molecule has 4 rings (SSSR count). The van der Waals surface area contributed by atoms with Gasteiger partial charge in [0, 0.05) is 45.2 Å². The molecule has 23 heavy (non-hydrogen) atoms. The highest BCUT2D eigenvalue weighted by Crippen LogP contribution is 2.62. The average Bonchev–Trinajstić information content (AvgIpc) is 2.81. The van der Waals surface area contributed by atoms with Crippen LogP contribution in [0.5, 0.6) is 0 Å². The summed E-state index contributed by atoms with van der Waals surface area (Å²) in [5, 5.41) is 0. The van der Waals surface area contributed by atoms with Gasteiger partial charge in [0.15, 0.2) is 17.4 Å². The molecule has 0 aromatic rings. The minimum atomic E-state index is -1.50. The van der Waals surface area contributed by atoms with E-state index in [1.807, 2.05) is 13.8 Å². The van der Waals surface area contributed by atoms with Crippen LogP contribution < -0.4 is 0 Å². The molecule has 1 heterocycles. The molecule has 0 aromatic carbocycles. The van der Waals surface area contributed by atoms with Crippen LogP contribution in [0.1, 0.15) is 27.2 Å². The molecule has 2 fully saturated rings. The Hall–Kier alpha value is -1.08. The lowest BCUT2D eigenvalue weighted by molar-refractivity contribution is -0.300. The highest BCUT2D eigenvalue weighted by Gasteiger charge is 2.73.